The van der Waals surface area contributed by atoms with Crippen LogP contribution in [0.3, 0.4) is 0 Å². The van der Waals surface area contributed by atoms with Crippen molar-refractivity contribution in [2.45, 2.75) is 104 Å². The van der Waals surface area contributed by atoms with E-state index in [1.54, 1.807) is 13.8 Å². The Balaban J connectivity index is 2.68. The van der Waals surface area contributed by atoms with Crippen molar-refractivity contribution in [3.8, 4) is 0 Å². The zero-order chi connectivity index (χ0) is 28.4. The lowest BCUT2D eigenvalue weighted by molar-refractivity contribution is -0.154. The Hall–Kier alpha value is -1.14. The molecule has 0 saturated carbocycles. The van der Waals surface area contributed by atoms with Crippen LogP contribution in [0, 0.1) is 0 Å². The minimum absolute atomic E-state index is 0.00163. The summed E-state index contributed by atoms with van der Waals surface area (Å²) < 4.78 is 58.2. The summed E-state index contributed by atoms with van der Waals surface area (Å²) in [5.74, 6) is -1.36. The molecule has 1 aliphatic heterocycles. The number of carbonyl (C=O) groups excluding carboxylic acids is 2. The highest BCUT2D eigenvalue weighted by Crippen LogP contribution is 2.48. The molecule has 11 nitrogen and oxygen atoms in total. The second-order valence-corrected chi connectivity index (χ2v) is 12.3. The molecule has 0 aromatic heterocycles. The molecule has 222 valence electrons. The number of hydrogen-bond donors (Lipinski definition) is 1. The van der Waals surface area contributed by atoms with Gasteiger partial charge in [0.15, 0.2) is 0 Å². The number of nitrogens with zero attached hydrogens (tertiary/aromatic N) is 1. The third kappa shape index (κ3) is 14.3. The molecule has 0 aromatic rings. The fourth-order valence-corrected chi connectivity index (χ4v) is 6.28. The van der Waals surface area contributed by atoms with Gasteiger partial charge >= 0.3 is 19.5 Å². The van der Waals surface area contributed by atoms with Crippen molar-refractivity contribution in [3.05, 3.63) is 11.6 Å². The van der Waals surface area contributed by atoms with E-state index in [9.17, 15) is 28.0 Å². The van der Waals surface area contributed by atoms with Crippen LogP contribution in [0.25, 0.3) is 0 Å². The van der Waals surface area contributed by atoms with Crippen LogP contribution < -0.4 is 0 Å². The van der Waals surface area contributed by atoms with Gasteiger partial charge in [-0.1, -0.05) is 58.3 Å². The van der Waals surface area contributed by atoms with E-state index in [2.05, 4.69) is 6.92 Å². The molecule has 0 amide bonds. The number of unbranched alkanes of at least 4 members (excludes halogenated alkanes) is 8. The monoisotopic (exact) mass is 582 g/mol. The van der Waals surface area contributed by atoms with Crippen LogP contribution in [0.15, 0.2) is 11.6 Å². The number of aliphatic hydroxyl groups is 1. The fourth-order valence-electron chi connectivity index (χ4n) is 4.09. The van der Waals surface area contributed by atoms with Gasteiger partial charge < -0.3 is 28.2 Å². The van der Waals surface area contributed by atoms with Gasteiger partial charge in [-0.15, -0.1) is 0 Å². The zero-order valence-electron chi connectivity index (χ0n) is 23.0. The predicted octanol–water partition coefficient (Wildman–Crippen LogP) is 4.37. The molecule has 1 heterocycles. The van der Waals surface area contributed by atoms with E-state index < -0.39 is 43.2 Å². The second kappa shape index (κ2) is 19.8. The molecule has 0 spiro atoms. The standard InChI is InChI=1S/C25H46NO10PS/c1-4-7-8-9-10-11-12-13-14-16-23(27)35-22(21-19-24(28)36-25(21)29)20-26(38(31)32)17-15-18-37(30,33-5-2)34-6-3/h19,22,25,29H,4-18,20H2,1-3H3,(H,31,32)/p-1. The third-order valence-electron chi connectivity index (χ3n) is 6.00. The quantitative estimate of drug-likeness (QED) is 0.0795. The lowest BCUT2D eigenvalue weighted by atomic mass is 10.1. The largest absolute Gasteiger partial charge is 0.760 e. The van der Waals surface area contributed by atoms with Gasteiger partial charge in [-0.2, -0.15) is 0 Å². The van der Waals surface area contributed by atoms with Crippen molar-refractivity contribution >= 4 is 30.8 Å². The normalized spacial score (nSPS) is 17.4. The van der Waals surface area contributed by atoms with Crippen LogP contribution in [0.2, 0.25) is 0 Å². The highest BCUT2D eigenvalue weighted by molar-refractivity contribution is 7.76. The lowest BCUT2D eigenvalue weighted by Gasteiger charge is -2.30. The topological polar surface area (TPSA) is 152 Å². The molecule has 0 aromatic carbocycles. The van der Waals surface area contributed by atoms with E-state index >= 15 is 0 Å². The maximum atomic E-state index is 12.7. The van der Waals surface area contributed by atoms with Crippen LogP contribution in [0.4, 0.5) is 0 Å². The van der Waals surface area contributed by atoms with Gasteiger partial charge in [-0.25, -0.2) is 9.10 Å². The Morgan fingerprint density at radius 2 is 1.66 bits per heavy atom. The molecule has 3 atom stereocenters. The summed E-state index contributed by atoms with van der Waals surface area (Å²) in [6.45, 7) is 5.52. The molecule has 0 fully saturated rings. The molecular formula is C25H45NO10PS-. The molecule has 0 aliphatic carbocycles. The lowest BCUT2D eigenvalue weighted by Crippen LogP contribution is -2.40. The average Bonchev–Trinajstić information content (AvgIpc) is 3.19. The number of esters is 2. The van der Waals surface area contributed by atoms with Gasteiger partial charge in [-0.05, 0) is 26.7 Å². The van der Waals surface area contributed by atoms with E-state index in [1.165, 1.54) is 32.1 Å². The van der Waals surface area contributed by atoms with Gasteiger partial charge in [0.05, 0.1) is 25.9 Å². The highest BCUT2D eigenvalue weighted by atomic mass is 32.2. The maximum absolute atomic E-state index is 12.7. The Bertz CT molecular complexity index is 799. The molecule has 1 N–H and O–H groups in total. The van der Waals surface area contributed by atoms with Crippen molar-refractivity contribution in [3.63, 3.8) is 0 Å². The number of hydrogen-bond acceptors (Lipinski definition) is 10. The molecule has 38 heavy (non-hydrogen) atoms. The number of carbonyl (C=O) groups is 2. The number of ether oxygens (including phenoxy) is 2. The first kappa shape index (κ1) is 34.9. The van der Waals surface area contributed by atoms with Crippen LogP contribution >= 0.6 is 7.60 Å². The van der Waals surface area contributed by atoms with Crippen molar-refractivity contribution in [1.29, 1.82) is 0 Å². The first-order valence-electron chi connectivity index (χ1n) is 13.7. The first-order valence-corrected chi connectivity index (χ1v) is 16.4. The first-order chi connectivity index (χ1) is 18.2. The molecule has 0 radical (unpaired) electrons. The summed E-state index contributed by atoms with van der Waals surface area (Å²) in [4.78, 5) is 24.2. The molecule has 1 rings (SSSR count). The van der Waals surface area contributed by atoms with E-state index in [-0.39, 0.29) is 50.9 Å². The molecule has 0 saturated heterocycles. The summed E-state index contributed by atoms with van der Waals surface area (Å²) in [5, 5.41) is 10.1. The van der Waals surface area contributed by atoms with Crippen LogP contribution in [0.1, 0.15) is 91.4 Å². The summed E-state index contributed by atoms with van der Waals surface area (Å²) in [6.07, 6.45) is 8.20. The molecular weight excluding hydrogens is 537 g/mol. The van der Waals surface area contributed by atoms with Crippen molar-refractivity contribution < 1.29 is 46.5 Å². The predicted molar refractivity (Wildman–Crippen MR) is 143 cm³/mol. The highest BCUT2D eigenvalue weighted by Gasteiger charge is 2.34. The van der Waals surface area contributed by atoms with E-state index in [1.807, 2.05) is 0 Å². The summed E-state index contributed by atoms with van der Waals surface area (Å²) >= 11 is -2.72. The third-order valence-corrected chi connectivity index (χ3v) is 8.92. The zero-order valence-corrected chi connectivity index (χ0v) is 24.7. The summed E-state index contributed by atoms with van der Waals surface area (Å²) in [7, 11) is -3.36. The van der Waals surface area contributed by atoms with Crippen LogP contribution in [-0.4, -0.2) is 75.0 Å². The Kier molecular flexibility index (Phi) is 18.2. The van der Waals surface area contributed by atoms with Crippen LogP contribution in [-0.2, 0) is 43.9 Å². The van der Waals surface area contributed by atoms with Gasteiger partial charge in [0, 0.05) is 35.9 Å². The number of cyclic esters (lactones) is 1. The minimum atomic E-state index is -3.36. The van der Waals surface area contributed by atoms with Crippen molar-refractivity contribution in [2.24, 2.45) is 0 Å². The molecule has 3 unspecified atom stereocenters. The van der Waals surface area contributed by atoms with Gasteiger partial charge in [0.1, 0.15) is 6.10 Å². The second-order valence-electron chi connectivity index (χ2n) is 9.12. The Morgan fingerprint density at radius 3 is 2.16 bits per heavy atom. The average molecular weight is 583 g/mol. The van der Waals surface area contributed by atoms with E-state index in [0.29, 0.717) is 6.42 Å². The molecule has 0 bridgehead atoms. The van der Waals surface area contributed by atoms with E-state index in [4.69, 9.17) is 18.5 Å². The summed E-state index contributed by atoms with van der Waals surface area (Å²) in [5.41, 5.74) is -0.0276. The minimum Gasteiger partial charge on any atom is -0.760 e. The smallest absolute Gasteiger partial charge is 0.333 e. The number of aliphatic hydroxyl groups excluding tert-OH is 1. The Labute approximate surface area is 229 Å². The maximum Gasteiger partial charge on any atom is 0.333 e. The van der Waals surface area contributed by atoms with E-state index in [0.717, 1.165) is 29.6 Å². The number of rotatable bonds is 23. The van der Waals surface area contributed by atoms with Gasteiger partial charge in [0.2, 0.25) is 6.29 Å². The SMILES string of the molecule is CCCCCCCCCCCC(=O)OC(CN(CCCP(=O)(OCC)OCC)S(=O)[O-])C1=CC(=O)OC1O. The van der Waals surface area contributed by atoms with Crippen LogP contribution in [0.5, 0.6) is 0 Å². The van der Waals surface area contributed by atoms with Gasteiger partial charge in [0.25, 0.3) is 0 Å². The fraction of sp³-hybridized carbons (Fsp3) is 0.840. The molecule has 13 heteroatoms. The Morgan fingerprint density at radius 1 is 1.08 bits per heavy atom. The van der Waals surface area contributed by atoms with Gasteiger partial charge in [-0.3, -0.25) is 13.6 Å². The van der Waals surface area contributed by atoms with Crippen molar-refractivity contribution in [2.75, 3.05) is 32.5 Å². The van der Waals surface area contributed by atoms with Crippen molar-refractivity contribution in [1.82, 2.24) is 4.31 Å². The summed E-state index contributed by atoms with van der Waals surface area (Å²) in [6, 6.07) is 0. The molecule has 1 aliphatic rings.